The van der Waals surface area contributed by atoms with Gasteiger partial charge >= 0.3 is 6.03 Å². The Morgan fingerprint density at radius 2 is 1.92 bits per heavy atom. The number of fused-ring (bicyclic) bond motifs is 1. The molecule has 5 heteroatoms. The number of anilines is 2. The van der Waals surface area contributed by atoms with Crippen LogP contribution < -0.4 is 15.5 Å². The number of nitrogens with one attached hydrogen (secondary N) is 2. The second kappa shape index (κ2) is 8.23. The Morgan fingerprint density at radius 3 is 2.65 bits per heavy atom. The van der Waals surface area contributed by atoms with Gasteiger partial charge in [-0.1, -0.05) is 24.3 Å². The molecule has 0 radical (unpaired) electrons. The summed E-state index contributed by atoms with van der Waals surface area (Å²) in [5.74, 6) is 0. The van der Waals surface area contributed by atoms with Gasteiger partial charge in [-0.3, -0.25) is 4.90 Å². The molecule has 2 aromatic carbocycles. The van der Waals surface area contributed by atoms with Gasteiger partial charge in [-0.25, -0.2) is 4.79 Å². The summed E-state index contributed by atoms with van der Waals surface area (Å²) in [5.41, 5.74) is 5.96. The molecule has 0 saturated heterocycles. The van der Waals surface area contributed by atoms with E-state index in [0.29, 0.717) is 6.54 Å². The van der Waals surface area contributed by atoms with Gasteiger partial charge in [0.2, 0.25) is 0 Å². The van der Waals surface area contributed by atoms with Crippen molar-refractivity contribution in [1.29, 1.82) is 0 Å². The van der Waals surface area contributed by atoms with Gasteiger partial charge < -0.3 is 15.5 Å². The molecule has 0 aromatic heterocycles. The topological polar surface area (TPSA) is 47.6 Å². The monoisotopic (exact) mass is 352 g/mol. The smallest absolute Gasteiger partial charge is 0.319 e. The number of carbonyl (C=O) groups is 1. The van der Waals surface area contributed by atoms with Gasteiger partial charge in [0.25, 0.3) is 0 Å². The van der Waals surface area contributed by atoms with Crippen molar-refractivity contribution >= 4 is 17.4 Å². The standard InChI is InChI=1S/C21H28N4O/c1-16-14-19(8-9-20(16)24(2)3)23-21(26)22-11-13-25-12-10-17-6-4-5-7-18(17)15-25/h4-9,14H,10-13,15H2,1-3H3,(H2,22,23,26). The minimum Gasteiger partial charge on any atom is -0.377 e. The normalized spacial score (nSPS) is 13.8. The van der Waals surface area contributed by atoms with Gasteiger partial charge in [-0.2, -0.15) is 0 Å². The van der Waals surface area contributed by atoms with Crippen LogP contribution in [0.5, 0.6) is 0 Å². The maximum Gasteiger partial charge on any atom is 0.319 e. The number of rotatable bonds is 5. The van der Waals surface area contributed by atoms with Crippen molar-refractivity contribution in [2.75, 3.05) is 43.9 Å². The Hall–Kier alpha value is -2.53. The molecule has 5 nitrogen and oxygen atoms in total. The highest BCUT2D eigenvalue weighted by atomic mass is 16.2. The van der Waals surface area contributed by atoms with Crippen LogP contribution in [-0.4, -0.2) is 44.7 Å². The van der Waals surface area contributed by atoms with E-state index in [1.54, 1.807) is 0 Å². The zero-order valence-corrected chi connectivity index (χ0v) is 15.9. The highest BCUT2D eigenvalue weighted by Crippen LogP contribution is 2.21. The summed E-state index contributed by atoms with van der Waals surface area (Å²) in [7, 11) is 4.03. The maximum atomic E-state index is 12.1. The fourth-order valence-electron chi connectivity index (χ4n) is 3.48. The maximum absolute atomic E-state index is 12.1. The molecular formula is C21H28N4O. The molecule has 0 atom stereocenters. The Bertz CT molecular complexity index is 772. The summed E-state index contributed by atoms with van der Waals surface area (Å²) in [5, 5.41) is 5.87. The van der Waals surface area contributed by atoms with Gasteiger partial charge in [0.1, 0.15) is 0 Å². The summed E-state index contributed by atoms with van der Waals surface area (Å²) in [6.07, 6.45) is 1.08. The first-order valence-electron chi connectivity index (χ1n) is 9.15. The van der Waals surface area contributed by atoms with Crippen LogP contribution in [0, 0.1) is 6.92 Å². The lowest BCUT2D eigenvalue weighted by Crippen LogP contribution is -2.39. The fourth-order valence-corrected chi connectivity index (χ4v) is 3.48. The van der Waals surface area contributed by atoms with Crippen LogP contribution in [0.1, 0.15) is 16.7 Å². The summed E-state index contributed by atoms with van der Waals surface area (Å²) >= 11 is 0. The van der Waals surface area contributed by atoms with E-state index in [1.807, 2.05) is 39.2 Å². The number of benzene rings is 2. The number of carbonyl (C=O) groups excluding carboxylic acids is 1. The Morgan fingerprint density at radius 1 is 1.15 bits per heavy atom. The summed E-state index contributed by atoms with van der Waals surface area (Å²) < 4.78 is 0. The van der Waals surface area contributed by atoms with E-state index < -0.39 is 0 Å². The molecule has 0 bridgehead atoms. The van der Waals surface area contributed by atoms with E-state index in [-0.39, 0.29) is 6.03 Å². The molecule has 3 rings (SSSR count). The summed E-state index contributed by atoms with van der Waals surface area (Å²) in [6, 6.07) is 14.4. The number of amides is 2. The molecule has 0 spiro atoms. The Balaban J connectivity index is 1.44. The zero-order chi connectivity index (χ0) is 18.5. The van der Waals surface area contributed by atoms with Crippen molar-refractivity contribution in [3.05, 3.63) is 59.2 Å². The zero-order valence-electron chi connectivity index (χ0n) is 15.9. The van der Waals surface area contributed by atoms with E-state index in [0.717, 1.165) is 43.0 Å². The Kier molecular flexibility index (Phi) is 5.78. The summed E-state index contributed by atoms with van der Waals surface area (Å²) in [6.45, 7) is 5.56. The largest absolute Gasteiger partial charge is 0.377 e. The first-order valence-corrected chi connectivity index (χ1v) is 9.15. The molecular weight excluding hydrogens is 324 g/mol. The predicted octanol–water partition coefficient (Wildman–Crippen LogP) is 3.24. The molecule has 0 saturated carbocycles. The lowest BCUT2D eigenvalue weighted by atomic mass is 10.00. The molecule has 1 heterocycles. The van der Waals surface area contributed by atoms with Crippen molar-refractivity contribution in [3.8, 4) is 0 Å². The molecule has 1 aliphatic heterocycles. The van der Waals surface area contributed by atoms with Crippen molar-refractivity contribution in [1.82, 2.24) is 10.2 Å². The number of nitrogens with zero attached hydrogens (tertiary/aromatic N) is 2. The third-order valence-corrected chi connectivity index (χ3v) is 4.86. The average Bonchev–Trinajstić information content (AvgIpc) is 2.61. The Labute approximate surface area is 156 Å². The van der Waals surface area contributed by atoms with Crippen LogP contribution in [0.2, 0.25) is 0 Å². The van der Waals surface area contributed by atoms with Crippen molar-refractivity contribution in [3.63, 3.8) is 0 Å². The molecule has 2 amide bonds. The van der Waals surface area contributed by atoms with E-state index in [2.05, 4.69) is 44.7 Å². The molecule has 138 valence electrons. The van der Waals surface area contributed by atoms with Gasteiger partial charge in [-0.15, -0.1) is 0 Å². The molecule has 26 heavy (non-hydrogen) atoms. The van der Waals surface area contributed by atoms with E-state index in [9.17, 15) is 4.79 Å². The SMILES string of the molecule is Cc1cc(NC(=O)NCCN2CCc3ccccc3C2)ccc1N(C)C. The van der Waals surface area contributed by atoms with E-state index >= 15 is 0 Å². The van der Waals surface area contributed by atoms with E-state index in [1.165, 1.54) is 11.1 Å². The van der Waals surface area contributed by atoms with Crippen LogP contribution in [0.15, 0.2) is 42.5 Å². The number of urea groups is 1. The first-order chi connectivity index (χ1) is 12.5. The lowest BCUT2D eigenvalue weighted by molar-refractivity contribution is 0.239. The summed E-state index contributed by atoms with van der Waals surface area (Å²) in [4.78, 5) is 16.6. The third kappa shape index (κ3) is 4.55. The van der Waals surface area contributed by atoms with Crippen molar-refractivity contribution in [2.24, 2.45) is 0 Å². The third-order valence-electron chi connectivity index (χ3n) is 4.86. The predicted molar refractivity (Wildman–Crippen MR) is 108 cm³/mol. The van der Waals surface area contributed by atoms with Crippen LogP contribution in [-0.2, 0) is 13.0 Å². The fraction of sp³-hybridized carbons (Fsp3) is 0.381. The minimum atomic E-state index is -0.153. The van der Waals surface area contributed by atoms with Gasteiger partial charge in [-0.05, 0) is 48.2 Å². The molecule has 0 unspecified atom stereocenters. The molecule has 0 aliphatic carbocycles. The van der Waals surface area contributed by atoms with Gasteiger partial charge in [0.05, 0.1) is 0 Å². The van der Waals surface area contributed by atoms with Crippen LogP contribution in [0.4, 0.5) is 16.2 Å². The molecule has 0 fully saturated rings. The average molecular weight is 352 g/mol. The number of aryl methyl sites for hydroxylation is 1. The quantitative estimate of drug-likeness (QED) is 0.868. The highest BCUT2D eigenvalue weighted by Gasteiger charge is 2.15. The van der Waals surface area contributed by atoms with E-state index in [4.69, 9.17) is 0 Å². The number of hydrogen-bond donors (Lipinski definition) is 2. The first kappa shape index (κ1) is 18.3. The lowest BCUT2D eigenvalue weighted by Gasteiger charge is -2.28. The molecule has 2 aromatic rings. The second-order valence-corrected chi connectivity index (χ2v) is 7.07. The molecule has 1 aliphatic rings. The second-order valence-electron chi connectivity index (χ2n) is 7.07. The molecule has 2 N–H and O–H groups in total. The van der Waals surface area contributed by atoms with Crippen molar-refractivity contribution < 1.29 is 4.79 Å². The van der Waals surface area contributed by atoms with Gasteiger partial charge in [0.15, 0.2) is 0 Å². The van der Waals surface area contributed by atoms with Crippen molar-refractivity contribution in [2.45, 2.75) is 19.9 Å². The minimum absolute atomic E-state index is 0.153. The number of hydrogen-bond acceptors (Lipinski definition) is 3. The van der Waals surface area contributed by atoms with Crippen LogP contribution in [0.3, 0.4) is 0 Å². The highest BCUT2D eigenvalue weighted by molar-refractivity contribution is 5.89. The van der Waals surface area contributed by atoms with Crippen LogP contribution >= 0.6 is 0 Å². The van der Waals surface area contributed by atoms with Gasteiger partial charge in [0, 0.05) is 51.6 Å². The van der Waals surface area contributed by atoms with Crippen LogP contribution in [0.25, 0.3) is 0 Å².